The smallest absolute Gasteiger partial charge is 0.225 e. The van der Waals surface area contributed by atoms with E-state index in [1.807, 2.05) is 45.7 Å². The van der Waals surface area contributed by atoms with Crippen LogP contribution in [0.5, 0.6) is 0 Å². The molecule has 1 saturated heterocycles. The Bertz CT molecular complexity index is 709. The Balaban J connectivity index is 1.67. The van der Waals surface area contributed by atoms with Crippen molar-refractivity contribution in [2.75, 3.05) is 32.1 Å². The molecule has 1 aliphatic heterocycles. The summed E-state index contributed by atoms with van der Waals surface area (Å²) in [5, 5.41) is 10.7. The molecule has 1 fully saturated rings. The van der Waals surface area contributed by atoms with Gasteiger partial charge in [0.15, 0.2) is 0 Å². The van der Waals surface area contributed by atoms with Crippen LogP contribution >= 0.6 is 0 Å². The van der Waals surface area contributed by atoms with Crippen molar-refractivity contribution >= 4 is 11.6 Å². The molecule has 6 heteroatoms. The van der Waals surface area contributed by atoms with Gasteiger partial charge in [-0.25, -0.2) is 0 Å². The molecule has 128 valence electrons. The number of nitrogens with one attached hydrogen (secondary N) is 2. The van der Waals surface area contributed by atoms with E-state index >= 15 is 0 Å². The van der Waals surface area contributed by atoms with Gasteiger partial charge >= 0.3 is 0 Å². The number of aryl methyl sites for hydroxylation is 1. The second-order valence-corrected chi connectivity index (χ2v) is 6.56. The average Bonchev–Trinajstić information content (AvgIpc) is 3.21. The van der Waals surface area contributed by atoms with E-state index in [0.717, 1.165) is 23.4 Å². The fraction of sp³-hybridized carbons (Fsp3) is 0.444. The number of aromatic nitrogens is 2. The molecule has 2 heterocycles. The number of carbonyl (C=O) groups excluding carboxylic acids is 1. The molecule has 0 radical (unpaired) electrons. The summed E-state index contributed by atoms with van der Waals surface area (Å²) >= 11 is 0. The number of anilines is 1. The van der Waals surface area contributed by atoms with E-state index < -0.39 is 0 Å². The van der Waals surface area contributed by atoms with Crippen LogP contribution in [0.25, 0.3) is 0 Å². The van der Waals surface area contributed by atoms with Gasteiger partial charge in [-0.05, 0) is 17.2 Å². The predicted octanol–water partition coefficient (Wildman–Crippen LogP) is 1.11. The fourth-order valence-corrected chi connectivity index (χ4v) is 3.35. The summed E-state index contributed by atoms with van der Waals surface area (Å²) < 4.78 is 1.79. The van der Waals surface area contributed by atoms with E-state index in [1.165, 1.54) is 0 Å². The maximum absolute atomic E-state index is 12.7. The van der Waals surface area contributed by atoms with Gasteiger partial charge in [0.25, 0.3) is 0 Å². The molecule has 1 aromatic carbocycles. The topological polar surface area (TPSA) is 62.2 Å². The highest BCUT2D eigenvalue weighted by Crippen LogP contribution is 2.28. The van der Waals surface area contributed by atoms with Crippen molar-refractivity contribution in [3.8, 4) is 0 Å². The molecule has 24 heavy (non-hydrogen) atoms. The minimum atomic E-state index is -0.0549. The monoisotopic (exact) mass is 327 g/mol. The van der Waals surface area contributed by atoms with Crippen molar-refractivity contribution in [3.05, 3.63) is 47.8 Å². The van der Waals surface area contributed by atoms with E-state index in [9.17, 15) is 4.79 Å². The number of carbonyl (C=O) groups is 1. The van der Waals surface area contributed by atoms with Crippen LogP contribution in [-0.4, -0.2) is 42.9 Å². The van der Waals surface area contributed by atoms with E-state index in [1.54, 1.807) is 4.68 Å². The van der Waals surface area contributed by atoms with Crippen molar-refractivity contribution in [2.45, 2.75) is 12.5 Å². The molecule has 1 amide bonds. The number of hydrogen-bond donors (Lipinski definition) is 2. The lowest BCUT2D eigenvalue weighted by molar-refractivity contribution is -0.125. The second kappa shape index (κ2) is 7.05. The fourth-order valence-electron chi connectivity index (χ4n) is 3.35. The molecule has 0 saturated carbocycles. The number of rotatable bonds is 5. The van der Waals surface area contributed by atoms with Crippen LogP contribution in [0.3, 0.4) is 0 Å². The van der Waals surface area contributed by atoms with Crippen LogP contribution in [0.15, 0.2) is 36.7 Å². The van der Waals surface area contributed by atoms with Gasteiger partial charge in [0.05, 0.1) is 12.1 Å². The third-order valence-corrected chi connectivity index (χ3v) is 4.63. The van der Waals surface area contributed by atoms with Gasteiger partial charge < -0.3 is 15.5 Å². The first-order valence-corrected chi connectivity index (χ1v) is 8.28. The molecule has 2 aromatic rings. The maximum atomic E-state index is 12.7. The van der Waals surface area contributed by atoms with Gasteiger partial charge in [-0.3, -0.25) is 9.48 Å². The standard InChI is InChI=1S/C18H25N5O/c1-22(2)17-7-5-4-6-13(17)8-20-18(24)16-11-19-10-15(16)14-9-21-23(3)12-14/h4-7,9,12,15-16,19H,8,10-11H2,1-3H3,(H,20,24)/t15-,16+/m1/s1. The highest BCUT2D eigenvalue weighted by atomic mass is 16.1. The quantitative estimate of drug-likeness (QED) is 0.863. The van der Waals surface area contributed by atoms with Crippen LogP contribution in [0, 0.1) is 5.92 Å². The molecular weight excluding hydrogens is 302 g/mol. The summed E-state index contributed by atoms with van der Waals surface area (Å²) in [6.45, 7) is 2.07. The molecule has 0 spiro atoms. The van der Waals surface area contributed by atoms with Crippen LogP contribution in [-0.2, 0) is 18.4 Å². The van der Waals surface area contributed by atoms with E-state index in [2.05, 4.69) is 32.8 Å². The molecule has 6 nitrogen and oxygen atoms in total. The van der Waals surface area contributed by atoms with Gasteiger partial charge in [0.2, 0.25) is 5.91 Å². The molecule has 3 rings (SSSR count). The Morgan fingerprint density at radius 2 is 2.17 bits per heavy atom. The summed E-state index contributed by atoms with van der Waals surface area (Å²) in [5.41, 5.74) is 3.38. The Morgan fingerprint density at radius 3 is 2.88 bits per heavy atom. The van der Waals surface area contributed by atoms with E-state index in [-0.39, 0.29) is 17.7 Å². The van der Waals surface area contributed by atoms with Crippen molar-refractivity contribution in [1.29, 1.82) is 0 Å². The van der Waals surface area contributed by atoms with Crippen LogP contribution in [0.4, 0.5) is 5.69 Å². The second-order valence-electron chi connectivity index (χ2n) is 6.56. The summed E-state index contributed by atoms with van der Waals surface area (Å²) in [6.07, 6.45) is 3.86. The lowest BCUT2D eigenvalue weighted by Gasteiger charge is -2.20. The largest absolute Gasteiger partial charge is 0.377 e. The molecular formula is C18H25N5O. The van der Waals surface area contributed by atoms with Crippen molar-refractivity contribution < 1.29 is 4.79 Å². The van der Waals surface area contributed by atoms with Crippen LogP contribution in [0.2, 0.25) is 0 Å². The average molecular weight is 327 g/mol. The molecule has 1 aliphatic rings. The SMILES string of the molecule is CN(C)c1ccccc1CNC(=O)[C@H]1CNC[C@@H]1c1cnn(C)c1. The van der Waals surface area contributed by atoms with Crippen molar-refractivity contribution in [3.63, 3.8) is 0 Å². The minimum absolute atomic E-state index is 0.0549. The Morgan fingerprint density at radius 1 is 1.38 bits per heavy atom. The summed E-state index contributed by atoms with van der Waals surface area (Å²) in [4.78, 5) is 14.8. The highest BCUT2D eigenvalue weighted by Gasteiger charge is 2.34. The number of amides is 1. The molecule has 0 unspecified atom stereocenters. The number of nitrogens with zero attached hydrogens (tertiary/aromatic N) is 3. The van der Waals surface area contributed by atoms with Gasteiger partial charge in [0.1, 0.15) is 0 Å². The van der Waals surface area contributed by atoms with Crippen LogP contribution in [0.1, 0.15) is 17.0 Å². The lowest BCUT2D eigenvalue weighted by Crippen LogP contribution is -2.34. The van der Waals surface area contributed by atoms with E-state index in [4.69, 9.17) is 0 Å². The highest BCUT2D eigenvalue weighted by molar-refractivity contribution is 5.80. The number of para-hydroxylation sites is 1. The molecule has 0 aliphatic carbocycles. The van der Waals surface area contributed by atoms with Gasteiger partial charge in [0, 0.05) is 58.6 Å². The normalized spacial score (nSPS) is 20.1. The molecule has 0 bridgehead atoms. The Hall–Kier alpha value is -2.34. The van der Waals surface area contributed by atoms with Gasteiger partial charge in [-0.2, -0.15) is 5.10 Å². The first-order valence-electron chi connectivity index (χ1n) is 8.28. The third kappa shape index (κ3) is 3.43. The summed E-state index contributed by atoms with van der Waals surface area (Å²) in [6, 6.07) is 8.14. The Labute approximate surface area is 142 Å². The number of benzene rings is 1. The maximum Gasteiger partial charge on any atom is 0.225 e. The van der Waals surface area contributed by atoms with Crippen molar-refractivity contribution in [1.82, 2.24) is 20.4 Å². The van der Waals surface area contributed by atoms with Gasteiger partial charge in [-0.15, -0.1) is 0 Å². The van der Waals surface area contributed by atoms with Crippen molar-refractivity contribution in [2.24, 2.45) is 13.0 Å². The first-order chi connectivity index (χ1) is 11.6. The zero-order valence-electron chi connectivity index (χ0n) is 14.5. The first kappa shape index (κ1) is 16.5. The third-order valence-electron chi connectivity index (χ3n) is 4.63. The summed E-state index contributed by atoms with van der Waals surface area (Å²) in [7, 11) is 5.93. The molecule has 1 aromatic heterocycles. The minimum Gasteiger partial charge on any atom is -0.377 e. The molecule has 2 N–H and O–H groups in total. The zero-order valence-corrected chi connectivity index (χ0v) is 14.5. The zero-order chi connectivity index (χ0) is 17.1. The number of hydrogen-bond acceptors (Lipinski definition) is 4. The van der Waals surface area contributed by atoms with Crippen LogP contribution < -0.4 is 15.5 Å². The summed E-state index contributed by atoms with van der Waals surface area (Å²) in [5.74, 6) is 0.228. The molecule has 2 atom stereocenters. The Kier molecular flexibility index (Phi) is 4.85. The predicted molar refractivity (Wildman–Crippen MR) is 94.9 cm³/mol. The van der Waals surface area contributed by atoms with Gasteiger partial charge in [-0.1, -0.05) is 18.2 Å². The van der Waals surface area contributed by atoms with E-state index in [0.29, 0.717) is 13.1 Å². The lowest BCUT2D eigenvalue weighted by atomic mass is 9.90.